The number of hydrogen-bond donors (Lipinski definition) is 1. The monoisotopic (exact) mass is 187 g/mol. The Kier molecular flexibility index (Phi) is 1.95. The summed E-state index contributed by atoms with van der Waals surface area (Å²) in [5.41, 5.74) is 2.92. The molecule has 0 aromatic heterocycles. The molecule has 3 heteroatoms. The van der Waals surface area contributed by atoms with E-state index in [4.69, 9.17) is 0 Å². The van der Waals surface area contributed by atoms with Gasteiger partial charge in [0.1, 0.15) is 7.05 Å². The Hall–Kier alpha value is -1.86. The average molecular weight is 187 g/mol. The van der Waals surface area contributed by atoms with Crippen molar-refractivity contribution in [2.24, 2.45) is 0 Å². The molecular formula is C11H11N2O+. The number of carbonyl (C=O) groups is 1. The van der Waals surface area contributed by atoms with Crippen LogP contribution in [0.5, 0.6) is 0 Å². The van der Waals surface area contributed by atoms with Crippen molar-refractivity contribution in [1.82, 2.24) is 0 Å². The van der Waals surface area contributed by atoms with Crippen LogP contribution in [0, 0.1) is 0 Å². The van der Waals surface area contributed by atoms with Gasteiger partial charge in [-0.1, -0.05) is 0 Å². The lowest BCUT2D eigenvalue weighted by molar-refractivity contribution is -0.396. The first-order valence-corrected chi connectivity index (χ1v) is 4.40. The predicted molar refractivity (Wildman–Crippen MR) is 55.3 cm³/mol. The highest BCUT2D eigenvalue weighted by Gasteiger charge is 2.19. The van der Waals surface area contributed by atoms with Gasteiger partial charge in [-0.05, 0) is 11.6 Å². The molecule has 0 bridgehead atoms. The van der Waals surface area contributed by atoms with E-state index in [-0.39, 0.29) is 5.91 Å². The van der Waals surface area contributed by atoms with Crippen LogP contribution in [-0.4, -0.2) is 23.4 Å². The molecule has 3 nitrogen and oxygen atoms in total. The van der Waals surface area contributed by atoms with Gasteiger partial charge in [-0.3, -0.25) is 4.79 Å². The molecule has 1 N–H and O–H groups in total. The maximum atomic E-state index is 11.1. The number of fused-ring (bicyclic) bond motifs is 1. The van der Waals surface area contributed by atoms with Crippen LogP contribution in [0.15, 0.2) is 24.8 Å². The summed E-state index contributed by atoms with van der Waals surface area (Å²) in [7, 11) is 1.87. The summed E-state index contributed by atoms with van der Waals surface area (Å²) >= 11 is 0. The van der Waals surface area contributed by atoms with Crippen LogP contribution in [0.25, 0.3) is 0 Å². The first-order chi connectivity index (χ1) is 6.70. The van der Waals surface area contributed by atoms with Gasteiger partial charge in [-0.2, -0.15) is 4.58 Å². The van der Waals surface area contributed by atoms with Crippen LogP contribution >= 0.6 is 0 Å². The maximum absolute atomic E-state index is 11.1. The van der Waals surface area contributed by atoms with Crippen molar-refractivity contribution >= 4 is 23.2 Å². The lowest BCUT2D eigenvalue weighted by atomic mass is 10.1. The molecular weight excluding hydrogens is 176 g/mol. The summed E-state index contributed by atoms with van der Waals surface area (Å²) in [5.74, 6) is 2.81. The van der Waals surface area contributed by atoms with Crippen molar-refractivity contribution in [2.75, 3.05) is 12.4 Å². The van der Waals surface area contributed by atoms with Crippen LogP contribution in [0.1, 0.15) is 5.56 Å². The molecule has 1 heterocycles. The summed E-state index contributed by atoms with van der Waals surface area (Å²) in [6, 6.07) is 5.84. The summed E-state index contributed by atoms with van der Waals surface area (Å²) in [6.45, 7) is 3.56. The second kappa shape index (κ2) is 3.13. The van der Waals surface area contributed by atoms with Crippen molar-refractivity contribution in [3.05, 3.63) is 30.3 Å². The Bertz CT molecular complexity index is 456. The highest BCUT2D eigenvalue weighted by Crippen LogP contribution is 2.26. The third-order valence-corrected chi connectivity index (χ3v) is 2.34. The van der Waals surface area contributed by atoms with Crippen LogP contribution in [0.3, 0.4) is 0 Å². The molecule has 0 unspecified atom stereocenters. The highest BCUT2D eigenvalue weighted by molar-refractivity contribution is 5.99. The third-order valence-electron chi connectivity index (χ3n) is 2.34. The molecule has 1 aliphatic rings. The van der Waals surface area contributed by atoms with Gasteiger partial charge in [0.15, 0.2) is 5.87 Å². The summed E-state index contributed by atoms with van der Waals surface area (Å²) in [4.78, 5) is 11.1. The zero-order chi connectivity index (χ0) is 10.1. The fourth-order valence-electron chi connectivity index (χ4n) is 1.50. The third kappa shape index (κ3) is 1.34. The van der Waals surface area contributed by atoms with E-state index in [1.807, 2.05) is 25.2 Å². The molecule has 1 amide bonds. The Morgan fingerprint density at radius 3 is 3.07 bits per heavy atom. The van der Waals surface area contributed by atoms with E-state index in [9.17, 15) is 4.79 Å². The summed E-state index contributed by atoms with van der Waals surface area (Å²) in [5, 5.41) is 2.80. The van der Waals surface area contributed by atoms with Gasteiger partial charge in [0.2, 0.25) is 11.6 Å². The molecule has 2 rings (SSSR count). The van der Waals surface area contributed by atoms with Gasteiger partial charge in [0.25, 0.3) is 0 Å². The molecule has 0 saturated heterocycles. The number of nitrogens with one attached hydrogen (secondary N) is 1. The minimum Gasteiger partial charge on any atom is -0.325 e. The topological polar surface area (TPSA) is 32.1 Å². The van der Waals surface area contributed by atoms with Gasteiger partial charge in [0.05, 0.1) is 12.1 Å². The van der Waals surface area contributed by atoms with Crippen molar-refractivity contribution in [2.45, 2.75) is 6.42 Å². The molecule has 1 aromatic carbocycles. The molecule has 1 aromatic rings. The Morgan fingerprint density at radius 1 is 1.57 bits per heavy atom. The first-order valence-electron chi connectivity index (χ1n) is 4.40. The van der Waals surface area contributed by atoms with Crippen LogP contribution < -0.4 is 5.32 Å². The van der Waals surface area contributed by atoms with E-state index in [1.54, 1.807) is 4.58 Å². The standard InChI is InChI=1S/C11H10N2O/c1-3-13(2)9-5-4-8-6-11(14)12-10(8)7-9/h4-5,7H,1,6H2,2H3/p+1. The fraction of sp³-hybridized carbons (Fsp3) is 0.182. The number of anilines is 1. The fourth-order valence-corrected chi connectivity index (χ4v) is 1.50. The van der Waals surface area contributed by atoms with Crippen LogP contribution in [0.2, 0.25) is 0 Å². The molecule has 0 atom stereocenters. The van der Waals surface area contributed by atoms with Crippen molar-refractivity contribution in [3.8, 4) is 0 Å². The predicted octanol–water partition coefficient (Wildman–Crippen LogP) is 1.31. The molecule has 0 spiro atoms. The molecule has 0 aliphatic carbocycles. The van der Waals surface area contributed by atoms with Gasteiger partial charge in [-0.25, -0.2) is 0 Å². The van der Waals surface area contributed by atoms with Gasteiger partial charge >= 0.3 is 0 Å². The average Bonchev–Trinajstić information content (AvgIpc) is 2.55. The van der Waals surface area contributed by atoms with Crippen LogP contribution in [0.4, 0.5) is 11.4 Å². The minimum absolute atomic E-state index is 0.0578. The number of benzene rings is 1. The second-order valence-electron chi connectivity index (χ2n) is 3.28. The van der Waals surface area contributed by atoms with Crippen molar-refractivity contribution in [1.29, 1.82) is 0 Å². The quantitative estimate of drug-likeness (QED) is 0.521. The molecule has 14 heavy (non-hydrogen) atoms. The minimum atomic E-state index is 0.0578. The van der Waals surface area contributed by atoms with E-state index in [0.717, 1.165) is 16.9 Å². The van der Waals surface area contributed by atoms with Crippen LogP contribution in [-0.2, 0) is 11.2 Å². The first kappa shape index (κ1) is 8.73. The lowest BCUT2D eigenvalue weighted by Crippen LogP contribution is -2.03. The smallest absolute Gasteiger partial charge is 0.228 e. The molecule has 70 valence electrons. The number of rotatable bonds is 1. The zero-order valence-corrected chi connectivity index (χ0v) is 8.00. The Balaban J connectivity index is 2.47. The Labute approximate surface area is 82.4 Å². The van der Waals surface area contributed by atoms with Crippen molar-refractivity contribution < 1.29 is 9.37 Å². The normalized spacial score (nSPS) is 13.1. The highest BCUT2D eigenvalue weighted by atomic mass is 16.1. The molecule has 1 aliphatic heterocycles. The van der Waals surface area contributed by atoms with E-state index in [1.165, 1.54) is 0 Å². The van der Waals surface area contributed by atoms with Gasteiger partial charge in [0, 0.05) is 18.7 Å². The SMILES string of the molecule is C=C=[N+](C)c1ccc2c(c1)NC(=O)C2. The largest absolute Gasteiger partial charge is 0.325 e. The Morgan fingerprint density at radius 2 is 2.36 bits per heavy atom. The molecule has 0 fully saturated rings. The number of carbonyl (C=O) groups excluding carboxylic acids is 1. The molecule has 0 saturated carbocycles. The number of hydrogen-bond acceptors (Lipinski definition) is 1. The van der Waals surface area contributed by atoms with E-state index < -0.39 is 0 Å². The number of nitrogens with zero attached hydrogens (tertiary/aromatic N) is 1. The van der Waals surface area contributed by atoms with Gasteiger partial charge < -0.3 is 5.32 Å². The van der Waals surface area contributed by atoms with E-state index in [0.29, 0.717) is 6.42 Å². The number of amides is 1. The summed E-state index contributed by atoms with van der Waals surface area (Å²) in [6.07, 6.45) is 0.483. The zero-order valence-electron chi connectivity index (χ0n) is 8.00. The lowest BCUT2D eigenvalue weighted by Gasteiger charge is -1.98. The maximum Gasteiger partial charge on any atom is 0.228 e. The van der Waals surface area contributed by atoms with E-state index >= 15 is 0 Å². The van der Waals surface area contributed by atoms with Crippen molar-refractivity contribution in [3.63, 3.8) is 0 Å². The van der Waals surface area contributed by atoms with E-state index in [2.05, 4.69) is 17.8 Å². The molecule has 0 radical (unpaired) electrons. The van der Waals surface area contributed by atoms with Gasteiger partial charge in [-0.15, -0.1) is 0 Å². The summed E-state index contributed by atoms with van der Waals surface area (Å²) < 4.78 is 1.78. The second-order valence-corrected chi connectivity index (χ2v) is 3.28.